The van der Waals surface area contributed by atoms with Gasteiger partial charge in [-0.15, -0.1) is 0 Å². The molecular weight excluding hydrogens is 339 g/mol. The molecular formula is C20H23FO5. The molecule has 3 rings (SSSR count). The third kappa shape index (κ3) is 4.87. The van der Waals surface area contributed by atoms with E-state index in [-0.39, 0.29) is 13.2 Å². The van der Waals surface area contributed by atoms with Gasteiger partial charge in [0.15, 0.2) is 12.5 Å². The van der Waals surface area contributed by atoms with E-state index in [9.17, 15) is 14.6 Å². The SMILES string of the molecule is OC1O[C@H](COCc2ccccc2)[C@@H](O)[C@H](OCc2ccccc2)[C@H]1F. The fourth-order valence-corrected chi connectivity index (χ4v) is 2.86. The Morgan fingerprint density at radius 3 is 2.08 bits per heavy atom. The van der Waals surface area contributed by atoms with Crippen molar-refractivity contribution >= 4 is 0 Å². The van der Waals surface area contributed by atoms with Crippen LogP contribution in [0.25, 0.3) is 0 Å². The van der Waals surface area contributed by atoms with Crippen molar-refractivity contribution in [2.75, 3.05) is 6.61 Å². The van der Waals surface area contributed by atoms with E-state index in [2.05, 4.69) is 0 Å². The molecule has 26 heavy (non-hydrogen) atoms. The zero-order valence-electron chi connectivity index (χ0n) is 14.3. The predicted molar refractivity (Wildman–Crippen MR) is 92.9 cm³/mol. The fraction of sp³-hybridized carbons (Fsp3) is 0.400. The van der Waals surface area contributed by atoms with Gasteiger partial charge in [-0.1, -0.05) is 60.7 Å². The first-order valence-electron chi connectivity index (χ1n) is 8.58. The smallest absolute Gasteiger partial charge is 0.189 e. The second kappa shape index (κ2) is 9.21. The minimum Gasteiger partial charge on any atom is -0.387 e. The van der Waals surface area contributed by atoms with Crippen molar-refractivity contribution in [3.63, 3.8) is 0 Å². The molecule has 2 N–H and O–H groups in total. The Bertz CT molecular complexity index is 654. The molecule has 1 heterocycles. The van der Waals surface area contributed by atoms with Crippen LogP contribution in [-0.2, 0) is 27.4 Å². The number of benzene rings is 2. The molecule has 5 nitrogen and oxygen atoms in total. The lowest BCUT2D eigenvalue weighted by Crippen LogP contribution is -2.58. The summed E-state index contributed by atoms with van der Waals surface area (Å²) in [7, 11) is 0. The number of aliphatic hydroxyl groups is 2. The van der Waals surface area contributed by atoms with E-state index in [1.807, 2.05) is 60.7 Å². The lowest BCUT2D eigenvalue weighted by Gasteiger charge is -2.39. The van der Waals surface area contributed by atoms with Gasteiger partial charge >= 0.3 is 0 Å². The molecule has 0 saturated carbocycles. The van der Waals surface area contributed by atoms with Crippen molar-refractivity contribution in [3.05, 3.63) is 71.8 Å². The van der Waals surface area contributed by atoms with E-state index in [4.69, 9.17) is 14.2 Å². The number of hydrogen-bond donors (Lipinski definition) is 2. The van der Waals surface area contributed by atoms with Crippen molar-refractivity contribution in [3.8, 4) is 0 Å². The molecule has 0 radical (unpaired) electrons. The van der Waals surface area contributed by atoms with Crippen LogP contribution in [0.4, 0.5) is 4.39 Å². The normalized spacial score (nSPS) is 28.8. The summed E-state index contributed by atoms with van der Waals surface area (Å²) in [4.78, 5) is 0. The number of ether oxygens (including phenoxy) is 3. The molecule has 5 atom stereocenters. The van der Waals surface area contributed by atoms with Crippen LogP contribution in [0.3, 0.4) is 0 Å². The van der Waals surface area contributed by atoms with Gasteiger partial charge < -0.3 is 24.4 Å². The van der Waals surface area contributed by atoms with E-state index >= 15 is 0 Å². The van der Waals surface area contributed by atoms with Gasteiger partial charge in [0.05, 0.1) is 19.8 Å². The fourth-order valence-electron chi connectivity index (χ4n) is 2.86. The highest BCUT2D eigenvalue weighted by atomic mass is 19.1. The zero-order chi connectivity index (χ0) is 18.4. The van der Waals surface area contributed by atoms with Crippen LogP contribution < -0.4 is 0 Å². The predicted octanol–water partition coefficient (Wildman–Crippen LogP) is 2.20. The lowest BCUT2D eigenvalue weighted by molar-refractivity contribution is -0.283. The van der Waals surface area contributed by atoms with Gasteiger partial charge in [0.25, 0.3) is 0 Å². The Balaban J connectivity index is 1.55. The van der Waals surface area contributed by atoms with E-state index in [0.717, 1.165) is 11.1 Å². The summed E-state index contributed by atoms with van der Waals surface area (Å²) in [6.45, 7) is 0.483. The van der Waals surface area contributed by atoms with E-state index in [1.54, 1.807) is 0 Å². The maximum atomic E-state index is 14.3. The number of alkyl halides is 1. The van der Waals surface area contributed by atoms with Gasteiger partial charge in [0, 0.05) is 0 Å². The highest BCUT2D eigenvalue weighted by molar-refractivity contribution is 5.14. The van der Waals surface area contributed by atoms with E-state index < -0.39 is 30.8 Å². The van der Waals surface area contributed by atoms with Crippen molar-refractivity contribution in [2.24, 2.45) is 0 Å². The second-order valence-corrected chi connectivity index (χ2v) is 6.26. The lowest BCUT2D eigenvalue weighted by atomic mass is 10.00. The van der Waals surface area contributed by atoms with Crippen LogP contribution in [0.2, 0.25) is 0 Å². The average molecular weight is 362 g/mol. The molecule has 1 aliphatic heterocycles. The van der Waals surface area contributed by atoms with Gasteiger partial charge in [-0.3, -0.25) is 0 Å². The van der Waals surface area contributed by atoms with Crippen LogP contribution in [0.1, 0.15) is 11.1 Å². The van der Waals surface area contributed by atoms with Gasteiger partial charge in [-0.25, -0.2) is 4.39 Å². The largest absolute Gasteiger partial charge is 0.387 e. The van der Waals surface area contributed by atoms with Crippen LogP contribution in [0.5, 0.6) is 0 Å². The summed E-state index contributed by atoms with van der Waals surface area (Å²) in [5.41, 5.74) is 1.82. The molecule has 6 heteroatoms. The molecule has 2 aromatic rings. The quantitative estimate of drug-likeness (QED) is 0.790. The monoisotopic (exact) mass is 362 g/mol. The minimum absolute atomic E-state index is 0.0189. The molecule has 0 aromatic heterocycles. The molecule has 1 fully saturated rings. The summed E-state index contributed by atoms with van der Waals surface area (Å²) < 4.78 is 30.5. The Labute approximate surface area is 151 Å². The Morgan fingerprint density at radius 2 is 1.46 bits per heavy atom. The molecule has 140 valence electrons. The van der Waals surface area contributed by atoms with Crippen molar-refractivity contribution in [1.29, 1.82) is 0 Å². The molecule has 0 aliphatic carbocycles. The average Bonchev–Trinajstić information content (AvgIpc) is 2.67. The molecule has 1 saturated heterocycles. The summed E-state index contributed by atoms with van der Waals surface area (Å²) in [6.07, 6.45) is -6.80. The summed E-state index contributed by atoms with van der Waals surface area (Å²) in [5, 5.41) is 20.2. The molecule has 1 unspecified atom stereocenters. The zero-order valence-corrected chi connectivity index (χ0v) is 14.3. The van der Waals surface area contributed by atoms with Gasteiger partial charge in [0.2, 0.25) is 0 Å². The Hall–Kier alpha value is -1.83. The summed E-state index contributed by atoms with van der Waals surface area (Å²) in [5.74, 6) is 0. The standard InChI is InChI=1S/C20H23FO5/c21-17-19(25-12-15-9-5-2-6-10-15)18(22)16(26-20(17)23)13-24-11-14-7-3-1-4-8-14/h1-10,16-20,22-23H,11-13H2/t16-,17-,18-,19-,20?/m1/s1. The Morgan fingerprint density at radius 1 is 0.885 bits per heavy atom. The molecule has 0 amide bonds. The van der Waals surface area contributed by atoms with Crippen molar-refractivity contribution in [1.82, 2.24) is 0 Å². The van der Waals surface area contributed by atoms with Gasteiger partial charge in [-0.2, -0.15) is 0 Å². The first kappa shape index (κ1) is 18.9. The van der Waals surface area contributed by atoms with Crippen molar-refractivity contribution in [2.45, 2.75) is 44.0 Å². The number of aliphatic hydroxyl groups excluding tert-OH is 2. The molecule has 1 aliphatic rings. The second-order valence-electron chi connectivity index (χ2n) is 6.26. The Kier molecular flexibility index (Phi) is 6.71. The van der Waals surface area contributed by atoms with Gasteiger partial charge in [0.1, 0.15) is 18.3 Å². The summed E-state index contributed by atoms with van der Waals surface area (Å²) in [6, 6.07) is 18.8. The minimum atomic E-state index is -1.83. The first-order chi connectivity index (χ1) is 12.6. The highest BCUT2D eigenvalue weighted by Crippen LogP contribution is 2.26. The topological polar surface area (TPSA) is 68.2 Å². The molecule has 0 spiro atoms. The van der Waals surface area contributed by atoms with Crippen LogP contribution in [0.15, 0.2) is 60.7 Å². The van der Waals surface area contributed by atoms with Crippen LogP contribution in [-0.4, -0.2) is 47.6 Å². The van der Waals surface area contributed by atoms with Crippen LogP contribution in [0, 0.1) is 0 Å². The maximum absolute atomic E-state index is 14.3. The highest BCUT2D eigenvalue weighted by Gasteiger charge is 2.46. The summed E-state index contributed by atoms with van der Waals surface area (Å²) >= 11 is 0. The maximum Gasteiger partial charge on any atom is 0.189 e. The van der Waals surface area contributed by atoms with E-state index in [0.29, 0.717) is 6.61 Å². The number of hydrogen-bond acceptors (Lipinski definition) is 5. The molecule has 2 aromatic carbocycles. The van der Waals surface area contributed by atoms with Crippen molar-refractivity contribution < 1.29 is 28.8 Å². The van der Waals surface area contributed by atoms with Crippen LogP contribution >= 0.6 is 0 Å². The third-order valence-electron chi connectivity index (χ3n) is 4.30. The molecule has 0 bridgehead atoms. The third-order valence-corrected chi connectivity index (χ3v) is 4.30. The first-order valence-corrected chi connectivity index (χ1v) is 8.58. The van der Waals surface area contributed by atoms with E-state index in [1.165, 1.54) is 0 Å². The van der Waals surface area contributed by atoms with Gasteiger partial charge in [-0.05, 0) is 11.1 Å². The number of halogens is 1. The number of rotatable bonds is 7.